The van der Waals surface area contributed by atoms with Crippen molar-refractivity contribution in [3.8, 4) is 0 Å². The zero-order chi connectivity index (χ0) is 17.1. The van der Waals surface area contributed by atoms with Gasteiger partial charge in [0.2, 0.25) is 0 Å². The Morgan fingerprint density at radius 2 is 1.39 bits per heavy atom. The van der Waals surface area contributed by atoms with E-state index in [4.69, 9.17) is 23.7 Å². The van der Waals surface area contributed by atoms with Crippen LogP contribution in [0.2, 0.25) is 0 Å². The Labute approximate surface area is 136 Å². The summed E-state index contributed by atoms with van der Waals surface area (Å²) < 4.78 is 28.0. The standard InChI is InChI=1S/C16H26O7/c1-11(17)19-7-13-5-16(21-9-15(3,4)10-22-16)6-14(23-13)8-20-12(2)18/h13-14H,5-10H2,1-4H3. The molecule has 2 fully saturated rings. The van der Waals surface area contributed by atoms with Crippen LogP contribution in [0, 0.1) is 5.41 Å². The van der Waals surface area contributed by atoms with Crippen molar-refractivity contribution in [2.24, 2.45) is 5.41 Å². The first-order chi connectivity index (χ1) is 10.7. The number of carbonyl (C=O) groups is 2. The third-order valence-electron chi connectivity index (χ3n) is 3.86. The van der Waals surface area contributed by atoms with Crippen molar-refractivity contribution in [3.63, 3.8) is 0 Å². The van der Waals surface area contributed by atoms with Crippen LogP contribution < -0.4 is 0 Å². The van der Waals surface area contributed by atoms with Gasteiger partial charge in [0.1, 0.15) is 13.2 Å². The zero-order valence-corrected chi connectivity index (χ0v) is 14.3. The quantitative estimate of drug-likeness (QED) is 0.721. The van der Waals surface area contributed by atoms with Gasteiger partial charge in [-0.15, -0.1) is 0 Å². The number of carbonyl (C=O) groups excluding carboxylic acids is 2. The van der Waals surface area contributed by atoms with E-state index in [-0.39, 0.29) is 42.8 Å². The zero-order valence-electron chi connectivity index (χ0n) is 14.3. The van der Waals surface area contributed by atoms with E-state index in [0.29, 0.717) is 26.1 Å². The molecule has 0 aromatic carbocycles. The van der Waals surface area contributed by atoms with E-state index in [1.807, 2.05) is 0 Å². The van der Waals surface area contributed by atoms with Crippen LogP contribution in [0.3, 0.4) is 0 Å². The van der Waals surface area contributed by atoms with Crippen molar-refractivity contribution >= 4 is 11.9 Å². The van der Waals surface area contributed by atoms with Gasteiger partial charge in [-0.25, -0.2) is 0 Å². The largest absolute Gasteiger partial charge is 0.463 e. The van der Waals surface area contributed by atoms with Gasteiger partial charge in [0.25, 0.3) is 0 Å². The molecule has 0 aliphatic carbocycles. The average molecular weight is 330 g/mol. The fourth-order valence-electron chi connectivity index (χ4n) is 2.74. The van der Waals surface area contributed by atoms with E-state index >= 15 is 0 Å². The molecule has 2 aliphatic heterocycles. The van der Waals surface area contributed by atoms with Crippen LogP contribution in [0.25, 0.3) is 0 Å². The maximum Gasteiger partial charge on any atom is 0.302 e. The molecule has 2 aliphatic rings. The molecule has 2 unspecified atom stereocenters. The summed E-state index contributed by atoms with van der Waals surface area (Å²) in [5, 5.41) is 0. The molecule has 2 atom stereocenters. The lowest BCUT2D eigenvalue weighted by Gasteiger charge is -2.48. The molecule has 0 saturated carbocycles. The van der Waals surface area contributed by atoms with E-state index in [0.717, 1.165) is 0 Å². The second kappa shape index (κ2) is 7.15. The summed E-state index contributed by atoms with van der Waals surface area (Å²) >= 11 is 0. The highest BCUT2D eigenvalue weighted by molar-refractivity contribution is 5.66. The molecule has 23 heavy (non-hydrogen) atoms. The monoisotopic (exact) mass is 330 g/mol. The lowest BCUT2D eigenvalue weighted by Crippen LogP contribution is -2.56. The number of hydrogen-bond donors (Lipinski definition) is 0. The Hall–Kier alpha value is -1.18. The van der Waals surface area contributed by atoms with E-state index in [1.165, 1.54) is 13.8 Å². The normalized spacial score (nSPS) is 29.0. The van der Waals surface area contributed by atoms with Crippen LogP contribution in [-0.2, 0) is 33.3 Å². The van der Waals surface area contributed by atoms with Gasteiger partial charge in [-0.3, -0.25) is 9.59 Å². The predicted molar refractivity (Wildman–Crippen MR) is 79.6 cm³/mol. The van der Waals surface area contributed by atoms with Crippen molar-refractivity contribution in [1.29, 1.82) is 0 Å². The Morgan fingerprint density at radius 1 is 0.957 bits per heavy atom. The van der Waals surface area contributed by atoms with E-state index < -0.39 is 5.79 Å². The minimum Gasteiger partial charge on any atom is -0.463 e. The summed E-state index contributed by atoms with van der Waals surface area (Å²) in [6, 6.07) is 0. The predicted octanol–water partition coefficient (Wildman–Crippen LogP) is 1.43. The molecule has 1 spiro atoms. The first-order valence-electron chi connectivity index (χ1n) is 7.90. The molecule has 7 nitrogen and oxygen atoms in total. The molecule has 2 saturated heterocycles. The lowest BCUT2D eigenvalue weighted by atomic mass is 9.91. The summed E-state index contributed by atoms with van der Waals surface area (Å²) in [7, 11) is 0. The molecule has 0 aromatic heterocycles. The van der Waals surface area contributed by atoms with Crippen molar-refractivity contribution in [3.05, 3.63) is 0 Å². The summed E-state index contributed by atoms with van der Waals surface area (Å²) in [4.78, 5) is 22.1. The second-order valence-electron chi connectivity index (χ2n) is 7.05. The highest BCUT2D eigenvalue weighted by atomic mass is 16.7. The summed E-state index contributed by atoms with van der Waals surface area (Å²) in [6.45, 7) is 8.27. The van der Waals surface area contributed by atoms with Gasteiger partial charge in [-0.1, -0.05) is 13.8 Å². The molecule has 0 N–H and O–H groups in total. The number of rotatable bonds is 4. The topological polar surface area (TPSA) is 80.3 Å². The minimum absolute atomic E-state index is 0.0414. The van der Waals surface area contributed by atoms with Crippen LogP contribution in [0.4, 0.5) is 0 Å². The van der Waals surface area contributed by atoms with Gasteiger partial charge in [0.05, 0.1) is 25.4 Å². The summed E-state index contributed by atoms with van der Waals surface area (Å²) in [6.07, 6.45) is 0.253. The van der Waals surface area contributed by atoms with Crippen molar-refractivity contribution in [2.75, 3.05) is 26.4 Å². The fraction of sp³-hybridized carbons (Fsp3) is 0.875. The average Bonchev–Trinajstić information content (AvgIpc) is 2.47. The molecule has 0 bridgehead atoms. The van der Waals surface area contributed by atoms with Gasteiger partial charge in [-0.2, -0.15) is 0 Å². The summed E-state index contributed by atoms with van der Waals surface area (Å²) in [5.74, 6) is -1.50. The molecular formula is C16H26O7. The Balaban J connectivity index is 2.02. The third kappa shape index (κ3) is 5.44. The molecule has 7 heteroatoms. The van der Waals surface area contributed by atoms with Gasteiger partial charge in [-0.05, 0) is 0 Å². The van der Waals surface area contributed by atoms with Gasteiger partial charge >= 0.3 is 11.9 Å². The van der Waals surface area contributed by atoms with E-state index in [1.54, 1.807) is 0 Å². The van der Waals surface area contributed by atoms with Crippen LogP contribution >= 0.6 is 0 Å². The molecule has 2 rings (SSSR count). The third-order valence-corrected chi connectivity index (χ3v) is 3.86. The summed E-state index contributed by atoms with van der Waals surface area (Å²) in [5.41, 5.74) is -0.0414. The number of esters is 2. The number of hydrogen-bond acceptors (Lipinski definition) is 7. The molecule has 0 aromatic rings. The molecular weight excluding hydrogens is 304 g/mol. The van der Waals surface area contributed by atoms with Gasteiger partial charge in [0.15, 0.2) is 5.79 Å². The minimum atomic E-state index is -0.774. The SMILES string of the molecule is CC(=O)OCC1CC2(CC(COC(C)=O)O1)OCC(C)(C)CO2. The highest BCUT2D eigenvalue weighted by Gasteiger charge is 2.48. The smallest absolute Gasteiger partial charge is 0.302 e. The molecule has 132 valence electrons. The van der Waals surface area contributed by atoms with Gasteiger partial charge in [0, 0.05) is 32.1 Å². The maximum atomic E-state index is 11.0. The first-order valence-corrected chi connectivity index (χ1v) is 7.90. The van der Waals surface area contributed by atoms with Crippen LogP contribution in [0.1, 0.15) is 40.5 Å². The number of ether oxygens (including phenoxy) is 5. The highest BCUT2D eigenvalue weighted by Crippen LogP contribution is 2.39. The fourth-order valence-corrected chi connectivity index (χ4v) is 2.74. The first kappa shape index (κ1) is 18.2. The van der Waals surface area contributed by atoms with Crippen LogP contribution in [0.15, 0.2) is 0 Å². The Bertz CT molecular complexity index is 408. The van der Waals surface area contributed by atoms with E-state index in [2.05, 4.69) is 13.8 Å². The Kier molecular flexibility index (Phi) is 5.65. The van der Waals surface area contributed by atoms with Gasteiger partial charge < -0.3 is 23.7 Å². The van der Waals surface area contributed by atoms with Crippen LogP contribution in [0.5, 0.6) is 0 Å². The molecule has 0 amide bonds. The van der Waals surface area contributed by atoms with Crippen molar-refractivity contribution in [2.45, 2.75) is 58.5 Å². The maximum absolute atomic E-state index is 11.0. The second-order valence-corrected chi connectivity index (χ2v) is 7.05. The Morgan fingerprint density at radius 3 is 1.78 bits per heavy atom. The van der Waals surface area contributed by atoms with Crippen LogP contribution in [-0.4, -0.2) is 56.4 Å². The van der Waals surface area contributed by atoms with Crippen molar-refractivity contribution in [1.82, 2.24) is 0 Å². The molecule has 2 heterocycles. The van der Waals surface area contributed by atoms with E-state index in [9.17, 15) is 9.59 Å². The lowest BCUT2D eigenvalue weighted by molar-refractivity contribution is -0.341. The molecule has 0 radical (unpaired) electrons. The van der Waals surface area contributed by atoms with Crippen molar-refractivity contribution < 1.29 is 33.3 Å².